The van der Waals surface area contributed by atoms with Gasteiger partial charge in [-0.2, -0.15) is 0 Å². The maximum Gasteiger partial charge on any atom is 0.246 e. The third-order valence-electron chi connectivity index (χ3n) is 4.32. The number of nitrogens with one attached hydrogen (secondary N) is 1. The van der Waals surface area contributed by atoms with Crippen molar-refractivity contribution in [1.29, 1.82) is 0 Å². The average molecular weight is 432 g/mol. The van der Waals surface area contributed by atoms with Crippen LogP contribution in [0.1, 0.15) is 11.6 Å². The van der Waals surface area contributed by atoms with Gasteiger partial charge in [-0.25, -0.2) is 4.39 Å². The van der Waals surface area contributed by atoms with Gasteiger partial charge in [0.2, 0.25) is 5.91 Å². The zero-order valence-electron chi connectivity index (χ0n) is 15.4. The quantitative estimate of drug-likeness (QED) is 0.710. The van der Waals surface area contributed by atoms with Gasteiger partial charge in [0, 0.05) is 18.8 Å². The van der Waals surface area contributed by atoms with Crippen LogP contribution in [0, 0.1) is 5.82 Å². The second-order valence-electron chi connectivity index (χ2n) is 6.05. The molecule has 9 heteroatoms. The molecule has 6 nitrogen and oxygen atoms in total. The highest BCUT2D eigenvalue weighted by atomic mass is 35.5. The first-order valence-electron chi connectivity index (χ1n) is 8.40. The van der Waals surface area contributed by atoms with E-state index in [1.54, 1.807) is 30.3 Å². The number of morpholine rings is 1. The largest absolute Gasteiger partial charge is 0.495 e. The summed E-state index contributed by atoms with van der Waals surface area (Å²) in [6.45, 7) is 2.27. The van der Waals surface area contributed by atoms with Gasteiger partial charge in [0.15, 0.2) is 0 Å². The van der Waals surface area contributed by atoms with Crippen LogP contribution < -0.4 is 15.8 Å². The standard InChI is InChI=1S/C19H22FN3O3.2ClH/c1-25-17-6-5-15(12-16(17)21)22-19(24)18(23-7-9-26-10-8-23)13-3-2-4-14(20)11-13;;/h2-6,11-12,18H,7-10,21H2,1H3,(H,22,24);2*1H. The molecular weight excluding hydrogens is 408 g/mol. The first-order chi connectivity index (χ1) is 12.6. The normalized spacial score (nSPS) is 14.9. The lowest BCUT2D eigenvalue weighted by Gasteiger charge is -2.33. The number of nitrogens with two attached hydrogens (primary N) is 1. The van der Waals surface area contributed by atoms with Gasteiger partial charge in [0.25, 0.3) is 0 Å². The lowest BCUT2D eigenvalue weighted by molar-refractivity contribution is -0.123. The number of halogens is 3. The molecule has 0 radical (unpaired) electrons. The Kier molecular flexibility index (Phi) is 9.48. The van der Waals surface area contributed by atoms with E-state index in [1.165, 1.54) is 19.2 Å². The van der Waals surface area contributed by atoms with Crippen LogP contribution in [0.4, 0.5) is 15.8 Å². The molecule has 1 saturated heterocycles. The number of nitrogens with zero attached hydrogens (tertiary/aromatic N) is 1. The lowest BCUT2D eigenvalue weighted by Crippen LogP contribution is -2.43. The van der Waals surface area contributed by atoms with Gasteiger partial charge in [-0.1, -0.05) is 12.1 Å². The van der Waals surface area contributed by atoms with Crippen molar-refractivity contribution in [3.63, 3.8) is 0 Å². The molecule has 1 atom stereocenters. The van der Waals surface area contributed by atoms with Crippen LogP contribution in [0.2, 0.25) is 0 Å². The molecule has 2 aromatic rings. The summed E-state index contributed by atoms with van der Waals surface area (Å²) in [5.74, 6) is -0.0813. The predicted octanol–water partition coefficient (Wildman–Crippen LogP) is 3.27. The van der Waals surface area contributed by atoms with Crippen molar-refractivity contribution in [3.05, 3.63) is 53.8 Å². The molecule has 2 aromatic carbocycles. The fourth-order valence-electron chi connectivity index (χ4n) is 3.06. The van der Waals surface area contributed by atoms with E-state index >= 15 is 0 Å². The number of carbonyl (C=O) groups excluding carboxylic acids is 1. The summed E-state index contributed by atoms with van der Waals surface area (Å²) in [6.07, 6.45) is 0. The van der Waals surface area contributed by atoms with E-state index in [0.717, 1.165) is 0 Å². The van der Waals surface area contributed by atoms with Crippen molar-refractivity contribution in [1.82, 2.24) is 4.90 Å². The number of anilines is 2. The summed E-state index contributed by atoms with van der Waals surface area (Å²) in [7, 11) is 1.53. The molecule has 154 valence electrons. The van der Waals surface area contributed by atoms with Crippen LogP contribution >= 0.6 is 24.8 Å². The molecule has 1 unspecified atom stereocenters. The maximum atomic E-state index is 13.7. The molecule has 1 aliphatic heterocycles. The third-order valence-corrected chi connectivity index (χ3v) is 4.32. The molecule has 1 fully saturated rings. The highest BCUT2D eigenvalue weighted by molar-refractivity contribution is 5.96. The Balaban J connectivity index is 0.00000196. The lowest BCUT2D eigenvalue weighted by atomic mass is 10.0. The minimum atomic E-state index is -0.613. The second-order valence-corrected chi connectivity index (χ2v) is 6.05. The molecule has 28 heavy (non-hydrogen) atoms. The maximum absolute atomic E-state index is 13.7. The van der Waals surface area contributed by atoms with Gasteiger partial charge in [-0.05, 0) is 35.9 Å². The molecule has 1 amide bonds. The summed E-state index contributed by atoms with van der Waals surface area (Å²) < 4.78 is 24.2. The van der Waals surface area contributed by atoms with Gasteiger partial charge in [0.05, 0.1) is 26.0 Å². The number of ether oxygens (including phenoxy) is 2. The minimum absolute atomic E-state index is 0. The van der Waals surface area contributed by atoms with E-state index in [2.05, 4.69) is 5.32 Å². The van der Waals surface area contributed by atoms with Gasteiger partial charge >= 0.3 is 0 Å². The first kappa shape index (κ1) is 24.0. The van der Waals surface area contributed by atoms with E-state index in [0.29, 0.717) is 49.0 Å². The van der Waals surface area contributed by atoms with Gasteiger partial charge in [0.1, 0.15) is 17.6 Å². The molecule has 3 rings (SSSR count). The number of hydrogen-bond donors (Lipinski definition) is 2. The number of rotatable bonds is 5. The Labute approximate surface area is 176 Å². The van der Waals surface area contributed by atoms with Crippen LogP contribution in [-0.2, 0) is 9.53 Å². The van der Waals surface area contributed by atoms with E-state index in [9.17, 15) is 9.18 Å². The number of hydrogen-bond acceptors (Lipinski definition) is 5. The number of amides is 1. The highest BCUT2D eigenvalue weighted by Crippen LogP contribution is 2.28. The Morgan fingerprint density at radius 2 is 1.93 bits per heavy atom. The van der Waals surface area contributed by atoms with Crippen molar-refractivity contribution in [2.45, 2.75) is 6.04 Å². The van der Waals surface area contributed by atoms with Crippen LogP contribution in [0.15, 0.2) is 42.5 Å². The topological polar surface area (TPSA) is 76.8 Å². The van der Waals surface area contributed by atoms with Crippen molar-refractivity contribution < 1.29 is 18.7 Å². The average Bonchev–Trinajstić information content (AvgIpc) is 2.63. The summed E-state index contributed by atoms with van der Waals surface area (Å²) in [5, 5.41) is 2.87. The van der Waals surface area contributed by atoms with Gasteiger partial charge < -0.3 is 20.5 Å². The van der Waals surface area contributed by atoms with Gasteiger partial charge in [-0.15, -0.1) is 24.8 Å². The molecule has 1 heterocycles. The number of nitrogen functional groups attached to an aromatic ring is 1. The van der Waals surface area contributed by atoms with E-state index < -0.39 is 6.04 Å². The highest BCUT2D eigenvalue weighted by Gasteiger charge is 2.29. The van der Waals surface area contributed by atoms with Crippen molar-refractivity contribution in [3.8, 4) is 5.75 Å². The first-order valence-corrected chi connectivity index (χ1v) is 8.40. The van der Waals surface area contributed by atoms with E-state index in [4.69, 9.17) is 15.2 Å². The van der Waals surface area contributed by atoms with Crippen molar-refractivity contribution in [2.75, 3.05) is 44.5 Å². The minimum Gasteiger partial charge on any atom is -0.495 e. The SMILES string of the molecule is COc1ccc(NC(=O)C(c2cccc(F)c2)N2CCOCC2)cc1N.Cl.Cl. The molecule has 0 saturated carbocycles. The smallest absolute Gasteiger partial charge is 0.246 e. The van der Waals surface area contributed by atoms with E-state index in [-0.39, 0.29) is 36.5 Å². The summed E-state index contributed by atoms with van der Waals surface area (Å²) >= 11 is 0. The molecule has 0 aliphatic carbocycles. The zero-order chi connectivity index (χ0) is 18.5. The monoisotopic (exact) mass is 431 g/mol. The number of methoxy groups -OCH3 is 1. The fraction of sp³-hybridized carbons (Fsp3) is 0.316. The zero-order valence-corrected chi connectivity index (χ0v) is 17.0. The van der Waals surface area contributed by atoms with Crippen LogP contribution in [-0.4, -0.2) is 44.2 Å². The van der Waals surface area contributed by atoms with E-state index in [1.807, 2.05) is 4.90 Å². The summed E-state index contributed by atoms with van der Waals surface area (Å²) in [5.41, 5.74) is 7.50. The Bertz CT molecular complexity index is 789. The van der Waals surface area contributed by atoms with Crippen LogP contribution in [0.3, 0.4) is 0 Å². The summed E-state index contributed by atoms with van der Waals surface area (Å²) in [6, 6.07) is 10.6. The Morgan fingerprint density at radius 1 is 1.21 bits per heavy atom. The number of benzene rings is 2. The Morgan fingerprint density at radius 3 is 2.54 bits per heavy atom. The molecule has 0 aromatic heterocycles. The summed E-state index contributed by atoms with van der Waals surface area (Å²) in [4.78, 5) is 15.0. The molecule has 3 N–H and O–H groups in total. The molecule has 0 bridgehead atoms. The van der Waals surface area contributed by atoms with Crippen LogP contribution in [0.5, 0.6) is 5.75 Å². The Hall–Kier alpha value is -2.06. The van der Waals surface area contributed by atoms with Gasteiger partial charge in [-0.3, -0.25) is 9.69 Å². The molecule has 1 aliphatic rings. The second kappa shape index (κ2) is 11.1. The molecular formula is C19H24Cl2FN3O3. The number of carbonyl (C=O) groups is 1. The third kappa shape index (κ3) is 5.72. The van der Waals surface area contributed by atoms with Crippen molar-refractivity contribution in [2.24, 2.45) is 0 Å². The van der Waals surface area contributed by atoms with Crippen molar-refractivity contribution >= 4 is 42.1 Å². The van der Waals surface area contributed by atoms with Crippen LogP contribution in [0.25, 0.3) is 0 Å². The predicted molar refractivity (Wildman–Crippen MR) is 112 cm³/mol. The molecule has 0 spiro atoms. The fourth-order valence-corrected chi connectivity index (χ4v) is 3.06.